The van der Waals surface area contributed by atoms with E-state index < -0.39 is 0 Å². The molecule has 0 aliphatic heterocycles. The highest BCUT2D eigenvalue weighted by molar-refractivity contribution is 4.89. The van der Waals surface area contributed by atoms with E-state index in [0.717, 1.165) is 11.0 Å². The van der Waals surface area contributed by atoms with Crippen LogP contribution in [0.5, 0.6) is 0 Å². The molecule has 0 radical (unpaired) electrons. The number of nitrogens with zero attached hydrogens (tertiary/aromatic N) is 2. The van der Waals surface area contributed by atoms with Crippen LogP contribution in [0.15, 0.2) is 24.5 Å². The zero-order chi connectivity index (χ0) is 8.32. The molecule has 0 saturated heterocycles. The summed E-state index contributed by atoms with van der Waals surface area (Å²) < 4.78 is 3.24. The van der Waals surface area contributed by atoms with Crippen molar-refractivity contribution in [2.45, 2.75) is 6.54 Å². The van der Waals surface area contributed by atoms with Crippen LogP contribution in [0, 0.1) is 0 Å². The van der Waals surface area contributed by atoms with Crippen LogP contribution in [-0.2, 0) is 6.54 Å². The quantitative estimate of drug-likeness (QED) is 0.575. The van der Waals surface area contributed by atoms with Gasteiger partial charge in [-0.15, -0.1) is 0 Å². The second-order valence-corrected chi connectivity index (χ2v) is 3.93. The SMILES string of the molecule is C[N+](C)(C)CCn1cccc1. The molecule has 0 amide bonds. The first-order chi connectivity index (χ1) is 5.08. The summed E-state index contributed by atoms with van der Waals surface area (Å²) in [6.45, 7) is 2.28. The Morgan fingerprint density at radius 3 is 2.09 bits per heavy atom. The molecule has 0 spiro atoms. The third-order valence-corrected chi connectivity index (χ3v) is 1.70. The highest BCUT2D eigenvalue weighted by Gasteiger charge is 2.05. The van der Waals surface area contributed by atoms with Crippen molar-refractivity contribution in [3.05, 3.63) is 24.5 Å². The highest BCUT2D eigenvalue weighted by Crippen LogP contribution is 1.94. The minimum atomic E-state index is 1.03. The molecule has 0 unspecified atom stereocenters. The number of quaternary nitrogens is 1. The van der Waals surface area contributed by atoms with Gasteiger partial charge in [0.05, 0.1) is 34.2 Å². The minimum absolute atomic E-state index is 1.03. The summed E-state index contributed by atoms with van der Waals surface area (Å²) >= 11 is 0. The van der Waals surface area contributed by atoms with Gasteiger partial charge in [-0.3, -0.25) is 0 Å². The second-order valence-electron chi connectivity index (χ2n) is 3.93. The van der Waals surface area contributed by atoms with E-state index in [1.54, 1.807) is 0 Å². The van der Waals surface area contributed by atoms with E-state index in [4.69, 9.17) is 0 Å². The van der Waals surface area contributed by atoms with Crippen LogP contribution in [0.4, 0.5) is 0 Å². The summed E-state index contributed by atoms with van der Waals surface area (Å²) in [5.74, 6) is 0. The summed E-state index contributed by atoms with van der Waals surface area (Å²) in [6, 6.07) is 4.13. The van der Waals surface area contributed by atoms with Gasteiger partial charge in [-0.25, -0.2) is 0 Å². The van der Waals surface area contributed by atoms with E-state index in [1.165, 1.54) is 6.54 Å². The van der Waals surface area contributed by atoms with Gasteiger partial charge in [-0.05, 0) is 12.1 Å². The zero-order valence-corrected chi connectivity index (χ0v) is 7.62. The van der Waals surface area contributed by atoms with Gasteiger partial charge in [-0.1, -0.05) is 0 Å². The van der Waals surface area contributed by atoms with Crippen molar-refractivity contribution in [1.82, 2.24) is 4.57 Å². The molecule has 2 nitrogen and oxygen atoms in total. The lowest BCUT2D eigenvalue weighted by atomic mass is 10.5. The number of likely N-dealkylation sites (N-methyl/N-ethyl adjacent to an activating group) is 1. The molecule has 1 aromatic heterocycles. The molecule has 0 atom stereocenters. The number of aromatic nitrogens is 1. The average Bonchev–Trinajstić information content (AvgIpc) is 2.32. The molecule has 0 fully saturated rings. The van der Waals surface area contributed by atoms with Crippen molar-refractivity contribution >= 4 is 0 Å². The van der Waals surface area contributed by atoms with E-state index in [2.05, 4.69) is 50.2 Å². The van der Waals surface area contributed by atoms with E-state index in [0.29, 0.717) is 0 Å². The van der Waals surface area contributed by atoms with Crippen LogP contribution in [0.3, 0.4) is 0 Å². The molecule has 0 N–H and O–H groups in total. The van der Waals surface area contributed by atoms with Crippen LogP contribution in [0.1, 0.15) is 0 Å². The average molecular weight is 153 g/mol. The fraction of sp³-hybridized carbons (Fsp3) is 0.556. The van der Waals surface area contributed by atoms with E-state index >= 15 is 0 Å². The Morgan fingerprint density at radius 2 is 1.64 bits per heavy atom. The van der Waals surface area contributed by atoms with E-state index in [9.17, 15) is 0 Å². The third kappa shape index (κ3) is 3.23. The van der Waals surface area contributed by atoms with Gasteiger partial charge in [0, 0.05) is 12.4 Å². The predicted octanol–water partition coefficient (Wildman–Crippen LogP) is 1.19. The smallest absolute Gasteiger partial charge is 0.0962 e. The second kappa shape index (κ2) is 3.09. The maximum absolute atomic E-state index is 2.21. The topological polar surface area (TPSA) is 4.93 Å². The maximum atomic E-state index is 2.21. The van der Waals surface area contributed by atoms with Gasteiger partial charge in [0.15, 0.2) is 0 Å². The van der Waals surface area contributed by atoms with Crippen LogP contribution in [-0.4, -0.2) is 36.7 Å². The first kappa shape index (κ1) is 8.34. The molecule has 1 aromatic rings. The molecule has 0 aromatic carbocycles. The molecule has 1 rings (SSSR count). The van der Waals surface area contributed by atoms with Crippen molar-refractivity contribution in [3.63, 3.8) is 0 Å². The lowest BCUT2D eigenvalue weighted by Gasteiger charge is -2.23. The highest BCUT2D eigenvalue weighted by atomic mass is 15.3. The number of hydrogen-bond acceptors (Lipinski definition) is 0. The molecule has 0 bridgehead atoms. The summed E-state index contributed by atoms with van der Waals surface area (Å²) in [6.07, 6.45) is 4.21. The molecular weight excluding hydrogens is 136 g/mol. The van der Waals surface area contributed by atoms with E-state index in [-0.39, 0.29) is 0 Å². The Bertz CT molecular complexity index is 194. The summed E-state index contributed by atoms with van der Waals surface area (Å²) in [5, 5.41) is 0. The Labute approximate surface area is 68.6 Å². The zero-order valence-electron chi connectivity index (χ0n) is 7.62. The molecule has 62 valence electrons. The summed E-state index contributed by atoms with van der Waals surface area (Å²) in [4.78, 5) is 0. The summed E-state index contributed by atoms with van der Waals surface area (Å²) in [5.41, 5.74) is 0. The van der Waals surface area contributed by atoms with Gasteiger partial charge in [0.25, 0.3) is 0 Å². The Hall–Kier alpha value is -0.760. The Balaban J connectivity index is 2.35. The van der Waals surface area contributed by atoms with Crippen LogP contribution in [0.25, 0.3) is 0 Å². The number of hydrogen-bond donors (Lipinski definition) is 0. The molecule has 11 heavy (non-hydrogen) atoms. The fourth-order valence-corrected chi connectivity index (χ4v) is 0.935. The molecule has 1 heterocycles. The maximum Gasteiger partial charge on any atom is 0.0962 e. The van der Waals surface area contributed by atoms with Crippen molar-refractivity contribution < 1.29 is 4.48 Å². The Morgan fingerprint density at radius 1 is 1.09 bits per heavy atom. The van der Waals surface area contributed by atoms with Crippen LogP contribution >= 0.6 is 0 Å². The largest absolute Gasteiger partial charge is 0.349 e. The fourth-order valence-electron chi connectivity index (χ4n) is 0.935. The predicted molar refractivity (Wildman–Crippen MR) is 47.3 cm³/mol. The molecule has 2 heteroatoms. The van der Waals surface area contributed by atoms with Gasteiger partial charge in [-0.2, -0.15) is 0 Å². The van der Waals surface area contributed by atoms with Crippen molar-refractivity contribution in [2.24, 2.45) is 0 Å². The van der Waals surface area contributed by atoms with Gasteiger partial charge < -0.3 is 9.05 Å². The van der Waals surface area contributed by atoms with Gasteiger partial charge in [0.2, 0.25) is 0 Å². The lowest BCUT2D eigenvalue weighted by Crippen LogP contribution is -2.37. The van der Waals surface area contributed by atoms with Gasteiger partial charge >= 0.3 is 0 Å². The monoisotopic (exact) mass is 153 g/mol. The lowest BCUT2D eigenvalue weighted by molar-refractivity contribution is -0.871. The number of rotatable bonds is 3. The first-order valence-electron chi connectivity index (χ1n) is 3.99. The van der Waals surface area contributed by atoms with E-state index in [1.807, 2.05) is 0 Å². The van der Waals surface area contributed by atoms with Crippen LogP contribution < -0.4 is 0 Å². The third-order valence-electron chi connectivity index (χ3n) is 1.70. The Kier molecular flexibility index (Phi) is 2.35. The first-order valence-corrected chi connectivity index (χ1v) is 3.99. The molecular formula is C9H17N2+. The molecule has 0 aliphatic carbocycles. The van der Waals surface area contributed by atoms with Crippen LogP contribution in [0.2, 0.25) is 0 Å². The van der Waals surface area contributed by atoms with Gasteiger partial charge in [0.1, 0.15) is 0 Å². The normalized spacial score (nSPS) is 11.9. The molecule has 0 aliphatic rings. The van der Waals surface area contributed by atoms with Crippen molar-refractivity contribution in [2.75, 3.05) is 27.7 Å². The minimum Gasteiger partial charge on any atom is -0.349 e. The molecule has 0 saturated carbocycles. The van der Waals surface area contributed by atoms with Crippen molar-refractivity contribution in [1.29, 1.82) is 0 Å². The standard InChI is InChI=1S/C9H17N2/c1-11(2,3)9-8-10-6-4-5-7-10/h4-7H,8-9H2,1-3H3/q+1. The van der Waals surface area contributed by atoms with Crippen molar-refractivity contribution in [3.8, 4) is 0 Å². The summed E-state index contributed by atoms with van der Waals surface area (Å²) in [7, 11) is 6.64.